The predicted octanol–water partition coefficient (Wildman–Crippen LogP) is 1.84. The van der Waals surface area contributed by atoms with E-state index in [2.05, 4.69) is 20.6 Å². The van der Waals surface area contributed by atoms with Crippen molar-refractivity contribution in [2.45, 2.75) is 13.5 Å². The van der Waals surface area contributed by atoms with Gasteiger partial charge in [-0.1, -0.05) is 30.3 Å². The standard InChI is InChI=1S/C14H16N4O/c1-2-15-13-10-16-12(9-17-13)14(19)18-8-11-6-4-3-5-7-11/h3-7,9-10H,2,8H2,1H3,(H,15,17)(H,18,19). The first-order chi connectivity index (χ1) is 9.29. The van der Waals surface area contributed by atoms with Crippen LogP contribution >= 0.6 is 0 Å². The lowest BCUT2D eigenvalue weighted by atomic mass is 10.2. The molecule has 2 aromatic rings. The van der Waals surface area contributed by atoms with E-state index in [4.69, 9.17) is 0 Å². The van der Waals surface area contributed by atoms with Gasteiger partial charge in [0.15, 0.2) is 0 Å². The van der Waals surface area contributed by atoms with Crippen LogP contribution < -0.4 is 10.6 Å². The number of hydrogen-bond acceptors (Lipinski definition) is 4. The maximum absolute atomic E-state index is 11.9. The van der Waals surface area contributed by atoms with Gasteiger partial charge in [0, 0.05) is 13.1 Å². The first-order valence-electron chi connectivity index (χ1n) is 6.17. The first-order valence-corrected chi connectivity index (χ1v) is 6.17. The Morgan fingerprint density at radius 2 is 1.95 bits per heavy atom. The van der Waals surface area contributed by atoms with Crippen molar-refractivity contribution < 1.29 is 4.79 Å². The molecule has 0 spiro atoms. The van der Waals surface area contributed by atoms with E-state index < -0.39 is 0 Å². The number of carbonyl (C=O) groups is 1. The van der Waals surface area contributed by atoms with Gasteiger partial charge in [-0.05, 0) is 12.5 Å². The minimum atomic E-state index is -0.223. The fourth-order valence-electron chi connectivity index (χ4n) is 1.59. The van der Waals surface area contributed by atoms with Crippen LogP contribution in [-0.4, -0.2) is 22.4 Å². The van der Waals surface area contributed by atoms with Crippen LogP contribution in [0, 0.1) is 0 Å². The largest absolute Gasteiger partial charge is 0.369 e. The van der Waals surface area contributed by atoms with Crippen molar-refractivity contribution in [2.75, 3.05) is 11.9 Å². The molecule has 0 aliphatic heterocycles. The summed E-state index contributed by atoms with van der Waals surface area (Å²) >= 11 is 0. The van der Waals surface area contributed by atoms with E-state index in [1.54, 1.807) is 6.20 Å². The smallest absolute Gasteiger partial charge is 0.271 e. The zero-order valence-electron chi connectivity index (χ0n) is 10.8. The molecule has 1 aromatic heterocycles. The minimum absolute atomic E-state index is 0.223. The Hall–Kier alpha value is -2.43. The minimum Gasteiger partial charge on any atom is -0.369 e. The zero-order valence-corrected chi connectivity index (χ0v) is 10.8. The van der Waals surface area contributed by atoms with Crippen molar-refractivity contribution in [2.24, 2.45) is 0 Å². The van der Waals surface area contributed by atoms with Crippen molar-refractivity contribution in [3.8, 4) is 0 Å². The van der Waals surface area contributed by atoms with E-state index in [1.165, 1.54) is 6.20 Å². The summed E-state index contributed by atoms with van der Waals surface area (Å²) in [7, 11) is 0. The third kappa shape index (κ3) is 3.77. The van der Waals surface area contributed by atoms with Gasteiger partial charge in [-0.15, -0.1) is 0 Å². The fourth-order valence-corrected chi connectivity index (χ4v) is 1.59. The van der Waals surface area contributed by atoms with Crippen molar-refractivity contribution in [1.29, 1.82) is 0 Å². The Kier molecular flexibility index (Phi) is 4.44. The van der Waals surface area contributed by atoms with Gasteiger partial charge in [0.2, 0.25) is 0 Å². The number of benzene rings is 1. The number of anilines is 1. The third-order valence-corrected chi connectivity index (χ3v) is 2.54. The average Bonchev–Trinajstić information content (AvgIpc) is 2.47. The molecular formula is C14H16N4O. The molecule has 0 aliphatic carbocycles. The van der Waals surface area contributed by atoms with E-state index in [-0.39, 0.29) is 5.91 Å². The van der Waals surface area contributed by atoms with Crippen LogP contribution in [0.25, 0.3) is 0 Å². The first kappa shape index (κ1) is 13.0. The summed E-state index contributed by atoms with van der Waals surface area (Å²) in [6, 6.07) is 9.73. The monoisotopic (exact) mass is 256 g/mol. The van der Waals surface area contributed by atoms with Crippen LogP contribution in [0.15, 0.2) is 42.7 Å². The molecule has 2 N–H and O–H groups in total. The molecular weight excluding hydrogens is 240 g/mol. The summed E-state index contributed by atoms with van der Waals surface area (Å²) in [5.74, 6) is 0.446. The fraction of sp³-hybridized carbons (Fsp3) is 0.214. The summed E-state index contributed by atoms with van der Waals surface area (Å²) in [5.41, 5.74) is 1.37. The zero-order chi connectivity index (χ0) is 13.5. The molecule has 0 radical (unpaired) electrons. The second-order valence-corrected chi connectivity index (χ2v) is 3.99. The van der Waals surface area contributed by atoms with Gasteiger partial charge in [0.25, 0.3) is 5.91 Å². The summed E-state index contributed by atoms with van der Waals surface area (Å²) in [6.07, 6.45) is 3.03. The summed E-state index contributed by atoms with van der Waals surface area (Å²) in [6.45, 7) is 3.23. The Morgan fingerprint density at radius 1 is 1.16 bits per heavy atom. The molecule has 5 nitrogen and oxygen atoms in total. The van der Waals surface area contributed by atoms with Crippen molar-refractivity contribution in [3.05, 3.63) is 54.0 Å². The highest BCUT2D eigenvalue weighted by Crippen LogP contribution is 2.02. The van der Waals surface area contributed by atoms with E-state index in [1.807, 2.05) is 37.3 Å². The molecule has 19 heavy (non-hydrogen) atoms. The topological polar surface area (TPSA) is 66.9 Å². The van der Waals surface area contributed by atoms with Crippen LogP contribution in [0.4, 0.5) is 5.82 Å². The number of carbonyl (C=O) groups excluding carboxylic acids is 1. The van der Waals surface area contributed by atoms with Crippen molar-refractivity contribution in [1.82, 2.24) is 15.3 Å². The maximum Gasteiger partial charge on any atom is 0.271 e. The van der Waals surface area contributed by atoms with E-state index in [0.29, 0.717) is 18.1 Å². The molecule has 0 saturated carbocycles. The number of hydrogen-bond donors (Lipinski definition) is 2. The Morgan fingerprint density at radius 3 is 2.58 bits per heavy atom. The molecule has 1 amide bonds. The van der Waals surface area contributed by atoms with Crippen LogP contribution in [0.3, 0.4) is 0 Å². The normalized spacial score (nSPS) is 9.95. The van der Waals surface area contributed by atoms with Gasteiger partial charge in [-0.3, -0.25) is 4.79 Å². The number of aromatic nitrogens is 2. The van der Waals surface area contributed by atoms with E-state index >= 15 is 0 Å². The molecule has 5 heteroatoms. The van der Waals surface area contributed by atoms with Gasteiger partial charge >= 0.3 is 0 Å². The number of nitrogens with zero attached hydrogens (tertiary/aromatic N) is 2. The predicted molar refractivity (Wildman–Crippen MR) is 73.8 cm³/mol. The number of rotatable bonds is 5. The van der Waals surface area contributed by atoms with E-state index in [9.17, 15) is 4.79 Å². The maximum atomic E-state index is 11.9. The Balaban J connectivity index is 1.92. The second-order valence-electron chi connectivity index (χ2n) is 3.99. The number of nitrogens with one attached hydrogen (secondary N) is 2. The molecule has 0 atom stereocenters. The van der Waals surface area contributed by atoms with Gasteiger partial charge in [0.05, 0.1) is 12.4 Å². The highest BCUT2D eigenvalue weighted by atomic mass is 16.1. The van der Waals surface area contributed by atoms with E-state index in [0.717, 1.165) is 12.1 Å². The molecule has 0 saturated heterocycles. The van der Waals surface area contributed by atoms with Crippen molar-refractivity contribution >= 4 is 11.7 Å². The lowest BCUT2D eigenvalue weighted by molar-refractivity contribution is 0.0945. The number of amides is 1. The van der Waals surface area contributed by atoms with Crippen LogP contribution in [0.1, 0.15) is 23.0 Å². The molecule has 0 aliphatic rings. The molecule has 1 aromatic carbocycles. The van der Waals surface area contributed by atoms with Crippen LogP contribution in [0.5, 0.6) is 0 Å². The lowest BCUT2D eigenvalue weighted by Crippen LogP contribution is -2.24. The molecule has 1 heterocycles. The molecule has 0 bridgehead atoms. The van der Waals surface area contributed by atoms with Gasteiger partial charge in [-0.2, -0.15) is 0 Å². The van der Waals surface area contributed by atoms with Crippen LogP contribution in [-0.2, 0) is 6.54 Å². The van der Waals surface area contributed by atoms with Gasteiger partial charge in [0.1, 0.15) is 11.5 Å². The Bertz CT molecular complexity index is 525. The lowest BCUT2D eigenvalue weighted by Gasteiger charge is -2.05. The van der Waals surface area contributed by atoms with Crippen molar-refractivity contribution in [3.63, 3.8) is 0 Å². The quantitative estimate of drug-likeness (QED) is 0.856. The Labute approximate surface area is 112 Å². The SMILES string of the molecule is CCNc1cnc(C(=O)NCc2ccccc2)cn1. The highest BCUT2D eigenvalue weighted by molar-refractivity contribution is 5.91. The summed E-state index contributed by atoms with van der Waals surface area (Å²) < 4.78 is 0. The van der Waals surface area contributed by atoms with Crippen LogP contribution in [0.2, 0.25) is 0 Å². The van der Waals surface area contributed by atoms with Gasteiger partial charge < -0.3 is 10.6 Å². The molecule has 2 rings (SSSR count). The molecule has 0 unspecified atom stereocenters. The summed E-state index contributed by atoms with van der Waals surface area (Å²) in [4.78, 5) is 20.0. The highest BCUT2D eigenvalue weighted by Gasteiger charge is 2.07. The molecule has 98 valence electrons. The average molecular weight is 256 g/mol. The van der Waals surface area contributed by atoms with Gasteiger partial charge in [-0.25, -0.2) is 9.97 Å². The third-order valence-electron chi connectivity index (χ3n) is 2.54. The summed E-state index contributed by atoms with van der Waals surface area (Å²) in [5, 5.41) is 5.83. The second kappa shape index (κ2) is 6.49. The molecule has 0 fully saturated rings.